The molecule has 0 fully saturated rings. The molecule has 0 atom stereocenters. The van der Waals surface area contributed by atoms with Gasteiger partial charge in [-0.2, -0.15) is 0 Å². The molecule has 0 saturated heterocycles. The molecule has 1 nitrogen and oxygen atoms in total. The van der Waals surface area contributed by atoms with Crippen molar-refractivity contribution in [1.29, 1.82) is 0 Å². The molecular weight excluding hydrogens is 184 g/mol. The normalized spacial score (nSPS) is 11.3. The van der Waals surface area contributed by atoms with Gasteiger partial charge in [0.05, 0.1) is 0 Å². The van der Waals surface area contributed by atoms with Crippen molar-refractivity contribution >= 4 is 5.78 Å². The molecule has 0 heterocycles. The fourth-order valence-electron chi connectivity index (χ4n) is 1.35. The third-order valence-electron chi connectivity index (χ3n) is 2.40. The van der Waals surface area contributed by atoms with Gasteiger partial charge in [-0.25, -0.2) is 0 Å². The first-order valence-corrected chi connectivity index (χ1v) is 5.87. The average Bonchev–Trinajstić information content (AvgIpc) is 2.17. The zero-order valence-electron chi connectivity index (χ0n) is 10.6. The first-order chi connectivity index (χ1) is 7.06. The Hall–Kier alpha value is -0.850. The number of carbonyl (C=O) groups excluding carboxylic acids is 1. The van der Waals surface area contributed by atoms with E-state index in [1.165, 1.54) is 11.1 Å². The van der Waals surface area contributed by atoms with Gasteiger partial charge in [-0.15, -0.1) is 0 Å². The van der Waals surface area contributed by atoms with Crippen molar-refractivity contribution in [3.05, 3.63) is 23.3 Å². The maximum Gasteiger partial charge on any atom is 0.132 e. The van der Waals surface area contributed by atoms with Crippen LogP contribution >= 0.6 is 0 Å². The second kappa shape index (κ2) is 8.46. The van der Waals surface area contributed by atoms with Crippen molar-refractivity contribution in [1.82, 2.24) is 0 Å². The average molecular weight is 208 g/mol. The van der Waals surface area contributed by atoms with E-state index in [0.29, 0.717) is 18.6 Å². The Bertz CT molecular complexity index is 242. The number of rotatable bonds is 7. The van der Waals surface area contributed by atoms with Gasteiger partial charge in [0.1, 0.15) is 5.78 Å². The molecule has 0 radical (unpaired) electrons. The fraction of sp³-hybridized carbons (Fsp3) is 0.643. The van der Waals surface area contributed by atoms with Crippen LogP contribution in [0.25, 0.3) is 0 Å². The summed E-state index contributed by atoms with van der Waals surface area (Å²) < 4.78 is 0. The van der Waals surface area contributed by atoms with Gasteiger partial charge < -0.3 is 0 Å². The predicted molar refractivity (Wildman–Crippen MR) is 67.0 cm³/mol. The Morgan fingerprint density at radius 1 is 1.00 bits per heavy atom. The van der Waals surface area contributed by atoms with E-state index in [4.69, 9.17) is 0 Å². The van der Waals surface area contributed by atoms with E-state index >= 15 is 0 Å². The van der Waals surface area contributed by atoms with Crippen LogP contribution in [-0.4, -0.2) is 5.78 Å². The van der Waals surface area contributed by atoms with Crippen molar-refractivity contribution < 1.29 is 4.79 Å². The molecule has 1 heteroatoms. The maximum absolute atomic E-state index is 11.1. The van der Waals surface area contributed by atoms with E-state index in [-0.39, 0.29) is 0 Å². The monoisotopic (exact) mass is 208 g/mol. The first kappa shape index (κ1) is 14.2. The van der Waals surface area contributed by atoms with E-state index < -0.39 is 0 Å². The minimum absolute atomic E-state index is 0.364. The summed E-state index contributed by atoms with van der Waals surface area (Å²) in [6.07, 6.45) is 8.98. The molecule has 0 aromatic carbocycles. The standard InChI is InChI=1S/C14H24O/c1-5-14(15)11-7-10-13(4)9-6-8-12(2)3/h8,10H,5-7,9,11H2,1-4H3/b13-10+. The second-order valence-corrected chi connectivity index (χ2v) is 4.30. The Morgan fingerprint density at radius 3 is 2.13 bits per heavy atom. The van der Waals surface area contributed by atoms with Crippen molar-refractivity contribution in [2.24, 2.45) is 0 Å². The maximum atomic E-state index is 11.1. The summed E-state index contributed by atoms with van der Waals surface area (Å²) >= 11 is 0. The van der Waals surface area contributed by atoms with Crippen LogP contribution in [0.1, 0.15) is 59.8 Å². The van der Waals surface area contributed by atoms with Crippen molar-refractivity contribution in [2.75, 3.05) is 0 Å². The number of hydrogen-bond donors (Lipinski definition) is 0. The van der Waals surface area contributed by atoms with Crippen LogP contribution < -0.4 is 0 Å². The molecule has 0 saturated carbocycles. The zero-order valence-corrected chi connectivity index (χ0v) is 10.6. The van der Waals surface area contributed by atoms with E-state index in [1.54, 1.807) is 0 Å². The molecule has 0 aliphatic carbocycles. The summed E-state index contributed by atoms with van der Waals surface area (Å²) in [6.45, 7) is 8.32. The first-order valence-electron chi connectivity index (χ1n) is 5.87. The third kappa shape index (κ3) is 9.45. The molecule has 0 amide bonds. The molecule has 0 N–H and O–H groups in total. The number of hydrogen-bond acceptors (Lipinski definition) is 1. The van der Waals surface area contributed by atoms with Crippen LogP contribution in [0.2, 0.25) is 0 Å². The van der Waals surface area contributed by atoms with Gasteiger partial charge in [-0.3, -0.25) is 4.79 Å². The summed E-state index contributed by atoms with van der Waals surface area (Å²) in [4.78, 5) is 11.1. The highest BCUT2D eigenvalue weighted by molar-refractivity contribution is 5.78. The summed E-state index contributed by atoms with van der Waals surface area (Å²) in [7, 11) is 0. The van der Waals surface area contributed by atoms with Gasteiger partial charge in [0.15, 0.2) is 0 Å². The highest BCUT2D eigenvalue weighted by Crippen LogP contribution is 2.08. The molecule has 0 aromatic heterocycles. The topological polar surface area (TPSA) is 17.1 Å². The molecule has 0 aliphatic rings. The second-order valence-electron chi connectivity index (χ2n) is 4.30. The molecule has 15 heavy (non-hydrogen) atoms. The zero-order chi connectivity index (χ0) is 11.7. The molecule has 0 spiro atoms. The Labute approximate surface area is 94.3 Å². The number of allylic oxidation sites excluding steroid dienone is 4. The Morgan fingerprint density at radius 2 is 1.60 bits per heavy atom. The van der Waals surface area contributed by atoms with Crippen LogP contribution in [0.3, 0.4) is 0 Å². The summed E-state index contributed by atoms with van der Waals surface area (Å²) in [5.74, 6) is 0.364. The number of ketones is 1. The van der Waals surface area contributed by atoms with Gasteiger partial charge in [-0.05, 0) is 40.0 Å². The largest absolute Gasteiger partial charge is 0.300 e. The van der Waals surface area contributed by atoms with Gasteiger partial charge >= 0.3 is 0 Å². The van der Waals surface area contributed by atoms with Crippen LogP contribution in [0.15, 0.2) is 23.3 Å². The lowest BCUT2D eigenvalue weighted by molar-refractivity contribution is -0.118. The highest BCUT2D eigenvalue weighted by atomic mass is 16.1. The molecule has 0 aliphatic heterocycles. The van der Waals surface area contributed by atoms with Crippen LogP contribution in [0, 0.1) is 0 Å². The third-order valence-corrected chi connectivity index (χ3v) is 2.40. The van der Waals surface area contributed by atoms with Crippen molar-refractivity contribution in [2.45, 2.75) is 59.8 Å². The van der Waals surface area contributed by atoms with Gasteiger partial charge in [0.2, 0.25) is 0 Å². The van der Waals surface area contributed by atoms with Gasteiger partial charge in [0.25, 0.3) is 0 Å². The SMILES string of the molecule is CCC(=O)CC/C=C(\C)CCC=C(C)C. The lowest BCUT2D eigenvalue weighted by atomic mass is 10.1. The van der Waals surface area contributed by atoms with E-state index in [9.17, 15) is 4.79 Å². The lowest BCUT2D eigenvalue weighted by Crippen LogP contribution is -1.92. The number of carbonyl (C=O) groups is 1. The Kier molecular flexibility index (Phi) is 7.98. The number of Topliss-reactive ketones (excluding diaryl/α,β-unsaturated/α-hetero) is 1. The van der Waals surface area contributed by atoms with Gasteiger partial charge in [0, 0.05) is 12.8 Å². The van der Waals surface area contributed by atoms with E-state index in [2.05, 4.69) is 32.9 Å². The van der Waals surface area contributed by atoms with Crippen LogP contribution in [0.4, 0.5) is 0 Å². The Balaban J connectivity index is 3.70. The van der Waals surface area contributed by atoms with E-state index in [0.717, 1.165) is 19.3 Å². The molecule has 0 unspecified atom stereocenters. The smallest absolute Gasteiger partial charge is 0.132 e. The minimum Gasteiger partial charge on any atom is -0.300 e. The molecule has 0 bridgehead atoms. The molecule has 86 valence electrons. The minimum atomic E-state index is 0.364. The predicted octanol–water partition coefficient (Wildman–Crippen LogP) is 4.44. The fourth-order valence-corrected chi connectivity index (χ4v) is 1.35. The van der Waals surface area contributed by atoms with E-state index in [1.807, 2.05) is 6.92 Å². The molecule has 0 rings (SSSR count). The lowest BCUT2D eigenvalue weighted by Gasteiger charge is -1.99. The highest BCUT2D eigenvalue weighted by Gasteiger charge is 1.95. The summed E-state index contributed by atoms with van der Waals surface area (Å²) in [5, 5.41) is 0. The van der Waals surface area contributed by atoms with Gasteiger partial charge in [-0.1, -0.05) is 30.2 Å². The molecule has 0 aromatic rings. The van der Waals surface area contributed by atoms with Crippen molar-refractivity contribution in [3.8, 4) is 0 Å². The van der Waals surface area contributed by atoms with Crippen LogP contribution in [0.5, 0.6) is 0 Å². The molecular formula is C14H24O. The summed E-state index contributed by atoms with van der Waals surface area (Å²) in [5.41, 5.74) is 2.78. The van der Waals surface area contributed by atoms with Crippen LogP contribution in [-0.2, 0) is 4.79 Å². The van der Waals surface area contributed by atoms with Crippen molar-refractivity contribution in [3.63, 3.8) is 0 Å². The summed E-state index contributed by atoms with van der Waals surface area (Å²) in [6, 6.07) is 0. The quantitative estimate of drug-likeness (QED) is 0.565.